The molecule has 0 bridgehead atoms. The molecule has 18 heavy (non-hydrogen) atoms. The minimum absolute atomic E-state index is 0.106. The first-order valence-corrected chi connectivity index (χ1v) is 7.35. The summed E-state index contributed by atoms with van der Waals surface area (Å²) in [5.74, 6) is 0.573. The van der Waals surface area contributed by atoms with Gasteiger partial charge in [0.1, 0.15) is 5.82 Å². The number of hydrogen-bond donors (Lipinski definition) is 2. The topological polar surface area (TPSA) is 85.1 Å². The molecule has 0 aliphatic carbocycles. The molecular formula is C12H21N3O2S. The first-order chi connectivity index (χ1) is 8.15. The number of nitrogens with zero attached hydrogens (tertiary/aromatic N) is 1. The van der Waals surface area contributed by atoms with E-state index in [0.717, 1.165) is 0 Å². The summed E-state index contributed by atoms with van der Waals surface area (Å²) in [5.41, 5.74) is 5.38. The van der Waals surface area contributed by atoms with Crippen LogP contribution in [0.4, 0.5) is 5.82 Å². The van der Waals surface area contributed by atoms with Gasteiger partial charge in [-0.3, -0.25) is 0 Å². The van der Waals surface area contributed by atoms with Crippen molar-refractivity contribution in [3.8, 4) is 0 Å². The molecule has 5 nitrogen and oxygen atoms in total. The molecule has 0 amide bonds. The van der Waals surface area contributed by atoms with Crippen molar-refractivity contribution in [1.29, 1.82) is 0 Å². The van der Waals surface area contributed by atoms with E-state index in [4.69, 9.17) is 5.73 Å². The molecule has 0 aromatic carbocycles. The molecule has 0 aliphatic rings. The van der Waals surface area contributed by atoms with Crippen LogP contribution in [0.1, 0.15) is 27.7 Å². The van der Waals surface area contributed by atoms with Gasteiger partial charge in [-0.05, 0) is 17.4 Å². The summed E-state index contributed by atoms with van der Waals surface area (Å²) >= 11 is 0. The van der Waals surface area contributed by atoms with Gasteiger partial charge in [0.25, 0.3) is 0 Å². The largest absolute Gasteiger partial charge is 0.384 e. The van der Waals surface area contributed by atoms with Crippen LogP contribution in [0.15, 0.2) is 23.2 Å². The van der Waals surface area contributed by atoms with Gasteiger partial charge >= 0.3 is 0 Å². The highest BCUT2D eigenvalue weighted by atomic mass is 32.2. The van der Waals surface area contributed by atoms with Gasteiger partial charge in [-0.25, -0.2) is 18.1 Å². The van der Waals surface area contributed by atoms with Gasteiger partial charge in [0.15, 0.2) is 0 Å². The Hall–Kier alpha value is -1.14. The standard InChI is InChI=1S/C12H21N3O2S/c1-9(2)12(3,4)8-15-18(16,17)10-5-6-14-11(13)7-10/h5-7,9,15H,8H2,1-4H3,(H2,13,14). The second kappa shape index (κ2) is 5.24. The van der Waals surface area contributed by atoms with Crippen molar-refractivity contribution in [2.24, 2.45) is 11.3 Å². The zero-order valence-corrected chi connectivity index (χ0v) is 12.1. The zero-order valence-electron chi connectivity index (χ0n) is 11.3. The zero-order chi connectivity index (χ0) is 14.0. The molecule has 1 rings (SSSR count). The summed E-state index contributed by atoms with van der Waals surface area (Å²) in [5, 5.41) is 0. The molecule has 6 heteroatoms. The lowest BCUT2D eigenvalue weighted by Gasteiger charge is -2.29. The summed E-state index contributed by atoms with van der Waals surface area (Å²) in [4.78, 5) is 3.92. The maximum Gasteiger partial charge on any atom is 0.240 e. The van der Waals surface area contributed by atoms with E-state index in [1.54, 1.807) is 0 Å². The smallest absolute Gasteiger partial charge is 0.240 e. The minimum Gasteiger partial charge on any atom is -0.384 e. The van der Waals surface area contributed by atoms with Crippen LogP contribution in [0.3, 0.4) is 0 Å². The second-order valence-corrected chi connectivity index (χ2v) is 7.15. The third-order valence-corrected chi connectivity index (χ3v) is 4.74. The molecule has 1 aromatic heterocycles. The molecule has 102 valence electrons. The summed E-state index contributed by atoms with van der Waals surface area (Å²) in [6.07, 6.45) is 1.39. The van der Waals surface area contributed by atoms with E-state index >= 15 is 0 Å². The van der Waals surface area contributed by atoms with Gasteiger partial charge in [0.05, 0.1) is 4.90 Å². The average Bonchev–Trinajstić information content (AvgIpc) is 2.26. The molecule has 3 N–H and O–H groups in total. The second-order valence-electron chi connectivity index (χ2n) is 5.38. The maximum absolute atomic E-state index is 12.1. The van der Waals surface area contributed by atoms with Crippen LogP contribution in [0, 0.1) is 11.3 Å². The monoisotopic (exact) mass is 271 g/mol. The Morgan fingerprint density at radius 1 is 1.44 bits per heavy atom. The first kappa shape index (κ1) is 14.9. The lowest BCUT2D eigenvalue weighted by atomic mass is 9.81. The number of hydrogen-bond acceptors (Lipinski definition) is 4. The lowest BCUT2D eigenvalue weighted by molar-refractivity contribution is 0.252. The van der Waals surface area contributed by atoms with Crippen molar-refractivity contribution < 1.29 is 8.42 Å². The van der Waals surface area contributed by atoms with E-state index in [1.165, 1.54) is 18.3 Å². The Kier molecular flexibility index (Phi) is 4.34. The highest BCUT2D eigenvalue weighted by Crippen LogP contribution is 2.25. The molecule has 0 unspecified atom stereocenters. The van der Waals surface area contributed by atoms with Crippen LogP contribution in [-0.4, -0.2) is 19.9 Å². The molecule has 0 aliphatic heterocycles. The van der Waals surface area contributed by atoms with Gasteiger partial charge in [0.2, 0.25) is 10.0 Å². The normalized spacial score (nSPS) is 12.9. The Balaban J connectivity index is 2.84. The fourth-order valence-corrected chi connectivity index (χ4v) is 2.41. The number of nitrogens with two attached hydrogens (primary N) is 1. The average molecular weight is 271 g/mol. The minimum atomic E-state index is -3.52. The SMILES string of the molecule is CC(C)C(C)(C)CNS(=O)(=O)c1ccnc(N)c1. The predicted molar refractivity (Wildman–Crippen MR) is 72.5 cm³/mol. The number of sulfonamides is 1. The van der Waals surface area contributed by atoms with Crippen molar-refractivity contribution >= 4 is 15.8 Å². The van der Waals surface area contributed by atoms with Crippen molar-refractivity contribution in [1.82, 2.24) is 9.71 Å². The highest BCUT2D eigenvalue weighted by molar-refractivity contribution is 7.89. The molecule has 0 saturated heterocycles. The predicted octanol–water partition coefficient (Wildman–Crippen LogP) is 1.62. The van der Waals surface area contributed by atoms with Crippen molar-refractivity contribution in [2.45, 2.75) is 32.6 Å². The summed E-state index contributed by atoms with van der Waals surface area (Å²) in [6, 6.07) is 2.78. The number of nitrogen functional groups attached to an aromatic ring is 1. The molecule has 0 saturated carbocycles. The van der Waals surface area contributed by atoms with E-state index in [-0.39, 0.29) is 16.1 Å². The van der Waals surface area contributed by atoms with Crippen LogP contribution in [0.5, 0.6) is 0 Å². The Bertz CT molecular complexity index is 510. The Morgan fingerprint density at radius 2 is 2.06 bits per heavy atom. The van der Waals surface area contributed by atoms with Crippen molar-refractivity contribution in [2.75, 3.05) is 12.3 Å². The third kappa shape index (κ3) is 3.68. The lowest BCUT2D eigenvalue weighted by Crippen LogP contribution is -2.37. The molecular weight excluding hydrogens is 250 g/mol. The van der Waals surface area contributed by atoms with Gasteiger partial charge in [-0.1, -0.05) is 27.7 Å². The van der Waals surface area contributed by atoms with Crippen LogP contribution >= 0.6 is 0 Å². The van der Waals surface area contributed by atoms with Crippen LogP contribution in [0.2, 0.25) is 0 Å². The summed E-state index contributed by atoms with van der Waals surface area (Å²) in [7, 11) is -3.52. The van der Waals surface area contributed by atoms with Gasteiger partial charge in [-0.15, -0.1) is 0 Å². The summed E-state index contributed by atoms with van der Waals surface area (Å²) < 4.78 is 26.7. The van der Waals surface area contributed by atoms with E-state index in [1.807, 2.05) is 13.8 Å². The Morgan fingerprint density at radius 3 is 2.56 bits per heavy atom. The van der Waals surface area contributed by atoms with E-state index < -0.39 is 10.0 Å². The van der Waals surface area contributed by atoms with Crippen LogP contribution in [-0.2, 0) is 10.0 Å². The molecule has 0 fully saturated rings. The number of pyridine rings is 1. The molecule has 0 radical (unpaired) electrons. The van der Waals surface area contributed by atoms with Crippen LogP contribution in [0.25, 0.3) is 0 Å². The summed E-state index contributed by atoms with van der Waals surface area (Å²) in [6.45, 7) is 8.58. The van der Waals surface area contributed by atoms with Gasteiger partial charge in [-0.2, -0.15) is 0 Å². The fourth-order valence-electron chi connectivity index (χ4n) is 1.16. The first-order valence-electron chi connectivity index (χ1n) is 5.86. The Labute approximate surface area is 109 Å². The molecule has 0 atom stereocenters. The molecule has 1 heterocycles. The van der Waals surface area contributed by atoms with Crippen molar-refractivity contribution in [3.63, 3.8) is 0 Å². The number of anilines is 1. The number of nitrogens with one attached hydrogen (secondary N) is 1. The fraction of sp³-hybridized carbons (Fsp3) is 0.583. The highest BCUT2D eigenvalue weighted by Gasteiger charge is 2.25. The number of rotatable bonds is 5. The van der Waals surface area contributed by atoms with Crippen molar-refractivity contribution in [3.05, 3.63) is 18.3 Å². The van der Waals surface area contributed by atoms with E-state index in [2.05, 4.69) is 23.6 Å². The van der Waals surface area contributed by atoms with Gasteiger partial charge < -0.3 is 5.73 Å². The maximum atomic E-state index is 12.1. The third-order valence-electron chi connectivity index (χ3n) is 3.34. The van der Waals surface area contributed by atoms with E-state index in [9.17, 15) is 8.42 Å². The van der Waals surface area contributed by atoms with Gasteiger partial charge in [0, 0.05) is 18.8 Å². The number of aromatic nitrogens is 1. The molecule has 0 spiro atoms. The molecule has 1 aromatic rings. The van der Waals surface area contributed by atoms with E-state index in [0.29, 0.717) is 12.5 Å². The van der Waals surface area contributed by atoms with Crippen LogP contribution < -0.4 is 10.5 Å². The quantitative estimate of drug-likeness (QED) is 0.852.